The number of hydrogen-bond donors (Lipinski definition) is 2. The van der Waals surface area contributed by atoms with Crippen LogP contribution in [0.3, 0.4) is 0 Å². The summed E-state index contributed by atoms with van der Waals surface area (Å²) in [5.74, 6) is 0.968. The lowest BCUT2D eigenvalue weighted by atomic mass is 10.1. The van der Waals surface area contributed by atoms with Crippen LogP contribution in [-0.2, 0) is 4.79 Å². The van der Waals surface area contributed by atoms with E-state index in [1.807, 2.05) is 48.5 Å². The Morgan fingerprint density at radius 1 is 1.05 bits per heavy atom. The third-order valence-electron chi connectivity index (χ3n) is 3.48. The van der Waals surface area contributed by atoms with Crippen molar-refractivity contribution in [3.8, 4) is 11.5 Å². The number of benzene rings is 2. The fourth-order valence-corrected chi connectivity index (χ4v) is 2.38. The first-order valence-electron chi connectivity index (χ1n) is 7.24. The molecule has 0 bridgehead atoms. The Morgan fingerprint density at radius 3 is 2.50 bits per heavy atom. The molecule has 0 unspecified atom stereocenters. The van der Waals surface area contributed by atoms with Crippen LogP contribution in [0.2, 0.25) is 0 Å². The van der Waals surface area contributed by atoms with Crippen molar-refractivity contribution in [3.63, 3.8) is 0 Å². The topological polar surface area (TPSA) is 73.6 Å². The molecule has 1 amide bonds. The van der Waals surface area contributed by atoms with Crippen LogP contribution in [0, 0.1) is 0 Å². The number of ether oxygens (including phenoxy) is 2. The van der Waals surface area contributed by atoms with Gasteiger partial charge in [-0.2, -0.15) is 0 Å². The van der Waals surface area contributed by atoms with Gasteiger partial charge in [0.05, 0.1) is 13.2 Å². The second-order valence-electron chi connectivity index (χ2n) is 5.10. The number of carbonyl (C=O) groups excluding carboxylic acids is 1. The molecular weight excluding hydrogens is 280 g/mol. The molecule has 0 saturated carbocycles. The summed E-state index contributed by atoms with van der Waals surface area (Å²) < 4.78 is 11.3. The maximum absolute atomic E-state index is 11.8. The average molecular weight is 298 g/mol. The third kappa shape index (κ3) is 3.14. The highest BCUT2D eigenvalue weighted by atomic mass is 16.5. The van der Waals surface area contributed by atoms with Crippen molar-refractivity contribution in [2.24, 2.45) is 5.73 Å². The van der Waals surface area contributed by atoms with Crippen molar-refractivity contribution in [2.75, 3.05) is 18.5 Å². The molecule has 1 aliphatic heterocycles. The molecular formula is C17H18N2O3. The van der Waals surface area contributed by atoms with E-state index in [0.29, 0.717) is 19.0 Å². The highest BCUT2D eigenvalue weighted by molar-refractivity contribution is 5.84. The van der Waals surface area contributed by atoms with Gasteiger partial charge in [0.15, 0.2) is 11.5 Å². The zero-order valence-electron chi connectivity index (χ0n) is 12.1. The highest BCUT2D eigenvalue weighted by Gasteiger charge is 2.18. The maximum atomic E-state index is 11.8. The first-order valence-corrected chi connectivity index (χ1v) is 7.24. The molecule has 1 atom stereocenters. The molecule has 0 aliphatic carbocycles. The van der Waals surface area contributed by atoms with E-state index in [-0.39, 0.29) is 0 Å². The van der Waals surface area contributed by atoms with Gasteiger partial charge >= 0.3 is 0 Å². The minimum atomic E-state index is -0.592. The largest absolute Gasteiger partial charge is 0.490 e. The molecule has 0 radical (unpaired) electrons. The smallest absolute Gasteiger partial charge is 0.244 e. The SMILES string of the molecule is NC(=O)[C@H](Nc1ccc2c(c1)OCCCO2)c1ccccc1. The average Bonchev–Trinajstić information content (AvgIpc) is 2.78. The third-order valence-corrected chi connectivity index (χ3v) is 3.48. The van der Waals surface area contributed by atoms with Crippen LogP contribution in [0.25, 0.3) is 0 Å². The summed E-state index contributed by atoms with van der Waals surface area (Å²) in [6.07, 6.45) is 0.853. The molecule has 3 rings (SSSR count). The summed E-state index contributed by atoms with van der Waals surface area (Å²) in [4.78, 5) is 11.8. The number of amides is 1. The Balaban J connectivity index is 1.84. The van der Waals surface area contributed by atoms with E-state index in [9.17, 15) is 4.79 Å². The fourth-order valence-electron chi connectivity index (χ4n) is 2.38. The monoisotopic (exact) mass is 298 g/mol. The summed E-state index contributed by atoms with van der Waals surface area (Å²) in [6.45, 7) is 1.27. The molecule has 1 heterocycles. The normalized spacial score (nSPS) is 14.7. The van der Waals surface area contributed by atoms with E-state index in [1.165, 1.54) is 0 Å². The van der Waals surface area contributed by atoms with Crippen LogP contribution in [0.1, 0.15) is 18.0 Å². The molecule has 0 fully saturated rings. The number of nitrogens with one attached hydrogen (secondary N) is 1. The Kier molecular flexibility index (Phi) is 4.14. The number of anilines is 1. The number of rotatable bonds is 4. The molecule has 0 spiro atoms. The first-order chi connectivity index (χ1) is 10.7. The van der Waals surface area contributed by atoms with E-state index in [4.69, 9.17) is 15.2 Å². The van der Waals surface area contributed by atoms with Crippen LogP contribution in [0.15, 0.2) is 48.5 Å². The summed E-state index contributed by atoms with van der Waals surface area (Å²) in [5.41, 5.74) is 7.10. The lowest BCUT2D eigenvalue weighted by molar-refractivity contribution is -0.118. The Bertz CT molecular complexity index is 658. The second kappa shape index (κ2) is 6.39. The molecule has 114 valence electrons. The van der Waals surface area contributed by atoms with Crippen LogP contribution >= 0.6 is 0 Å². The Hall–Kier alpha value is -2.69. The minimum Gasteiger partial charge on any atom is -0.490 e. The van der Waals surface area contributed by atoms with Crippen LogP contribution in [-0.4, -0.2) is 19.1 Å². The molecule has 3 N–H and O–H groups in total. The van der Waals surface area contributed by atoms with Crippen molar-refractivity contribution in [2.45, 2.75) is 12.5 Å². The van der Waals surface area contributed by atoms with Crippen molar-refractivity contribution in [1.29, 1.82) is 0 Å². The highest BCUT2D eigenvalue weighted by Crippen LogP contribution is 2.33. The summed E-state index contributed by atoms with van der Waals surface area (Å²) in [6, 6.07) is 14.3. The lowest BCUT2D eigenvalue weighted by Crippen LogP contribution is -2.27. The molecule has 1 aliphatic rings. The van der Waals surface area contributed by atoms with Crippen LogP contribution < -0.4 is 20.5 Å². The van der Waals surface area contributed by atoms with Crippen molar-refractivity contribution in [1.82, 2.24) is 0 Å². The molecule has 0 saturated heterocycles. The van der Waals surface area contributed by atoms with Gasteiger partial charge in [-0.15, -0.1) is 0 Å². The van der Waals surface area contributed by atoms with E-state index < -0.39 is 11.9 Å². The maximum Gasteiger partial charge on any atom is 0.244 e. The predicted octanol–water partition coefficient (Wildman–Crippen LogP) is 2.49. The lowest BCUT2D eigenvalue weighted by Gasteiger charge is -2.18. The van der Waals surface area contributed by atoms with Gasteiger partial charge in [0, 0.05) is 18.2 Å². The fraction of sp³-hybridized carbons (Fsp3) is 0.235. The standard InChI is InChI=1S/C17H18N2O3/c18-17(20)16(12-5-2-1-3-6-12)19-13-7-8-14-15(11-13)22-10-4-9-21-14/h1-3,5-8,11,16,19H,4,9-10H2,(H2,18,20)/t16-/m1/s1. The molecule has 2 aromatic rings. The van der Waals surface area contributed by atoms with Gasteiger partial charge in [-0.05, 0) is 17.7 Å². The number of primary amides is 1. The van der Waals surface area contributed by atoms with Crippen LogP contribution in [0.4, 0.5) is 5.69 Å². The quantitative estimate of drug-likeness (QED) is 0.909. The summed E-state index contributed by atoms with van der Waals surface area (Å²) in [7, 11) is 0. The Morgan fingerprint density at radius 2 is 1.77 bits per heavy atom. The van der Waals surface area contributed by atoms with Gasteiger partial charge in [-0.3, -0.25) is 4.79 Å². The second-order valence-corrected chi connectivity index (χ2v) is 5.10. The predicted molar refractivity (Wildman–Crippen MR) is 84.0 cm³/mol. The van der Waals surface area contributed by atoms with E-state index in [0.717, 1.165) is 23.4 Å². The van der Waals surface area contributed by atoms with Crippen molar-refractivity contribution >= 4 is 11.6 Å². The minimum absolute atomic E-state index is 0.432. The number of hydrogen-bond acceptors (Lipinski definition) is 4. The van der Waals surface area contributed by atoms with Gasteiger partial charge in [-0.25, -0.2) is 0 Å². The van der Waals surface area contributed by atoms with Crippen LogP contribution in [0.5, 0.6) is 11.5 Å². The van der Waals surface area contributed by atoms with Crippen molar-refractivity contribution in [3.05, 3.63) is 54.1 Å². The first kappa shape index (κ1) is 14.3. The number of nitrogens with two attached hydrogens (primary N) is 1. The molecule has 5 nitrogen and oxygen atoms in total. The Labute approximate surface area is 129 Å². The van der Waals surface area contributed by atoms with Gasteiger partial charge in [0.2, 0.25) is 5.91 Å². The van der Waals surface area contributed by atoms with E-state index in [2.05, 4.69) is 5.32 Å². The van der Waals surface area contributed by atoms with Crippen molar-refractivity contribution < 1.29 is 14.3 Å². The number of fused-ring (bicyclic) bond motifs is 1. The summed E-state index contributed by atoms with van der Waals surface area (Å²) >= 11 is 0. The molecule has 22 heavy (non-hydrogen) atoms. The molecule has 5 heteroatoms. The number of carbonyl (C=O) groups is 1. The zero-order chi connectivity index (χ0) is 15.4. The van der Waals surface area contributed by atoms with Gasteiger partial charge in [0.25, 0.3) is 0 Å². The van der Waals surface area contributed by atoms with E-state index >= 15 is 0 Å². The van der Waals surface area contributed by atoms with Gasteiger partial charge < -0.3 is 20.5 Å². The zero-order valence-corrected chi connectivity index (χ0v) is 12.1. The summed E-state index contributed by atoms with van der Waals surface area (Å²) in [5, 5.41) is 3.16. The van der Waals surface area contributed by atoms with Gasteiger partial charge in [-0.1, -0.05) is 30.3 Å². The van der Waals surface area contributed by atoms with Gasteiger partial charge in [0.1, 0.15) is 6.04 Å². The molecule has 0 aromatic heterocycles. The molecule has 2 aromatic carbocycles. The van der Waals surface area contributed by atoms with E-state index in [1.54, 1.807) is 0 Å².